The minimum Gasteiger partial charge on any atom is -0.481 e. The molecule has 1 aliphatic rings. The van der Waals surface area contributed by atoms with Crippen LogP contribution >= 0.6 is 0 Å². The van der Waals surface area contributed by atoms with Crippen molar-refractivity contribution in [1.29, 1.82) is 0 Å². The van der Waals surface area contributed by atoms with Gasteiger partial charge in [-0.3, -0.25) is 9.59 Å². The van der Waals surface area contributed by atoms with Crippen LogP contribution in [0.5, 0.6) is 5.75 Å². The average Bonchev–Trinajstić information content (AvgIpc) is 2.66. The van der Waals surface area contributed by atoms with E-state index in [-0.39, 0.29) is 23.7 Å². The highest BCUT2D eigenvalue weighted by Gasteiger charge is 2.31. The molecule has 6 heteroatoms. The Kier molecular flexibility index (Phi) is 6.20. The van der Waals surface area contributed by atoms with Gasteiger partial charge in [0.25, 0.3) is 5.91 Å². The summed E-state index contributed by atoms with van der Waals surface area (Å²) in [5.74, 6) is -0.0582. The number of hydrogen-bond acceptors (Lipinski definition) is 3. The molecule has 3 rings (SSSR count). The molecule has 1 heterocycles. The third-order valence-electron chi connectivity index (χ3n) is 5.03. The van der Waals surface area contributed by atoms with E-state index in [1.807, 2.05) is 38.1 Å². The van der Waals surface area contributed by atoms with Crippen LogP contribution in [0.4, 0.5) is 4.39 Å². The van der Waals surface area contributed by atoms with E-state index in [2.05, 4.69) is 5.32 Å². The zero-order valence-electron chi connectivity index (χ0n) is 17.2. The molecule has 0 bridgehead atoms. The van der Waals surface area contributed by atoms with Crippen molar-refractivity contribution in [2.24, 2.45) is 0 Å². The highest BCUT2D eigenvalue weighted by molar-refractivity contribution is 5.81. The Morgan fingerprint density at radius 1 is 1.17 bits per heavy atom. The minimum atomic E-state index is -0.657. The van der Waals surface area contributed by atoms with E-state index in [1.54, 1.807) is 17.9 Å². The summed E-state index contributed by atoms with van der Waals surface area (Å²) in [4.78, 5) is 26.2. The van der Waals surface area contributed by atoms with Crippen LogP contribution < -0.4 is 10.1 Å². The molecule has 0 fully saturated rings. The van der Waals surface area contributed by atoms with Crippen LogP contribution in [0.25, 0.3) is 0 Å². The Morgan fingerprint density at radius 2 is 1.93 bits per heavy atom. The molecule has 2 unspecified atom stereocenters. The molecule has 0 spiro atoms. The molecule has 0 saturated heterocycles. The maximum absolute atomic E-state index is 13.9. The number of halogens is 1. The van der Waals surface area contributed by atoms with Crippen molar-refractivity contribution in [3.8, 4) is 5.75 Å². The number of nitrogens with zero attached hydrogens (tertiary/aromatic N) is 1. The number of carbonyl (C=O) groups excluding carboxylic acids is 2. The summed E-state index contributed by atoms with van der Waals surface area (Å²) in [5.41, 5.74) is 2.69. The Balaban J connectivity index is 1.95. The lowest BCUT2D eigenvalue weighted by Crippen LogP contribution is -2.40. The van der Waals surface area contributed by atoms with Crippen LogP contribution in [-0.2, 0) is 16.0 Å². The van der Waals surface area contributed by atoms with Crippen molar-refractivity contribution < 1.29 is 18.7 Å². The molecule has 2 aromatic rings. The van der Waals surface area contributed by atoms with Crippen LogP contribution in [0.3, 0.4) is 0 Å². The van der Waals surface area contributed by atoms with Crippen molar-refractivity contribution >= 4 is 11.8 Å². The van der Waals surface area contributed by atoms with E-state index >= 15 is 0 Å². The molecular formula is C23H27FN2O3. The summed E-state index contributed by atoms with van der Waals surface area (Å²) in [5, 5.41) is 2.83. The maximum Gasteiger partial charge on any atom is 0.260 e. The topological polar surface area (TPSA) is 58.6 Å². The van der Waals surface area contributed by atoms with Gasteiger partial charge in [0.1, 0.15) is 11.6 Å². The largest absolute Gasteiger partial charge is 0.481 e. The van der Waals surface area contributed by atoms with Crippen molar-refractivity contribution in [3.63, 3.8) is 0 Å². The van der Waals surface area contributed by atoms with Crippen LogP contribution in [0.1, 0.15) is 50.4 Å². The van der Waals surface area contributed by atoms with E-state index in [1.165, 1.54) is 19.1 Å². The third kappa shape index (κ3) is 4.75. The molecule has 5 nitrogen and oxygen atoms in total. The standard InChI is InChI=1S/C23H27FN2O3/c1-14(2)25-23(28)15(3)29-20-9-8-17-10-11-26(16(4)27)22(21(17)13-20)18-6-5-7-19(24)12-18/h5-9,12-15,22H,10-11H2,1-4H3,(H,25,28). The summed E-state index contributed by atoms with van der Waals surface area (Å²) in [7, 11) is 0. The SMILES string of the molecule is CC(=O)N1CCc2ccc(OC(C)C(=O)NC(C)C)cc2C1c1cccc(F)c1. The normalized spacial score (nSPS) is 16.9. The molecule has 1 aliphatic heterocycles. The number of fused-ring (bicyclic) bond motifs is 1. The summed E-state index contributed by atoms with van der Waals surface area (Å²) >= 11 is 0. The highest BCUT2D eigenvalue weighted by atomic mass is 19.1. The monoisotopic (exact) mass is 398 g/mol. The van der Waals surface area contributed by atoms with Gasteiger partial charge >= 0.3 is 0 Å². The van der Waals surface area contributed by atoms with E-state index in [0.717, 1.165) is 11.1 Å². The van der Waals surface area contributed by atoms with E-state index in [0.29, 0.717) is 24.3 Å². The molecule has 154 valence electrons. The number of hydrogen-bond donors (Lipinski definition) is 1. The number of nitrogens with one attached hydrogen (secondary N) is 1. The zero-order chi connectivity index (χ0) is 21.1. The van der Waals surface area contributed by atoms with Gasteiger partial charge < -0.3 is 15.0 Å². The van der Waals surface area contributed by atoms with Gasteiger partial charge in [-0.25, -0.2) is 4.39 Å². The average molecular weight is 398 g/mol. The van der Waals surface area contributed by atoms with Crippen LogP contribution in [0.2, 0.25) is 0 Å². The molecular weight excluding hydrogens is 371 g/mol. The van der Waals surface area contributed by atoms with Crippen LogP contribution in [0.15, 0.2) is 42.5 Å². The van der Waals surface area contributed by atoms with Gasteiger partial charge in [-0.2, -0.15) is 0 Å². The van der Waals surface area contributed by atoms with Gasteiger partial charge in [0.15, 0.2) is 6.10 Å². The summed E-state index contributed by atoms with van der Waals surface area (Å²) in [6.45, 7) is 7.57. The summed E-state index contributed by atoms with van der Waals surface area (Å²) in [6.07, 6.45) is 0.0558. The molecule has 1 N–H and O–H groups in total. The van der Waals surface area contributed by atoms with Crippen molar-refractivity contribution in [2.45, 2.75) is 52.3 Å². The molecule has 2 amide bonds. The first-order chi connectivity index (χ1) is 13.8. The third-order valence-corrected chi connectivity index (χ3v) is 5.03. The van der Waals surface area contributed by atoms with Gasteiger partial charge in [0, 0.05) is 19.5 Å². The van der Waals surface area contributed by atoms with Gasteiger partial charge in [-0.15, -0.1) is 0 Å². The zero-order valence-corrected chi connectivity index (χ0v) is 17.2. The first-order valence-electron chi connectivity index (χ1n) is 9.88. The molecule has 0 aliphatic carbocycles. The van der Waals surface area contributed by atoms with Gasteiger partial charge in [-0.1, -0.05) is 18.2 Å². The van der Waals surface area contributed by atoms with E-state index < -0.39 is 12.1 Å². The maximum atomic E-state index is 13.9. The number of carbonyl (C=O) groups is 2. The van der Waals surface area contributed by atoms with Crippen LogP contribution in [0, 0.1) is 5.82 Å². The second kappa shape index (κ2) is 8.64. The van der Waals surface area contributed by atoms with E-state index in [4.69, 9.17) is 4.74 Å². The summed E-state index contributed by atoms with van der Waals surface area (Å²) in [6, 6.07) is 11.6. The first-order valence-corrected chi connectivity index (χ1v) is 9.88. The fraction of sp³-hybridized carbons (Fsp3) is 0.391. The van der Waals surface area contributed by atoms with Crippen molar-refractivity contribution in [1.82, 2.24) is 10.2 Å². The number of ether oxygens (including phenoxy) is 1. The Hall–Kier alpha value is -2.89. The predicted molar refractivity (Wildman–Crippen MR) is 109 cm³/mol. The van der Waals surface area contributed by atoms with Gasteiger partial charge in [0.05, 0.1) is 6.04 Å². The fourth-order valence-electron chi connectivity index (χ4n) is 3.70. The second-order valence-electron chi connectivity index (χ2n) is 7.70. The minimum absolute atomic E-state index is 0.0264. The highest BCUT2D eigenvalue weighted by Crippen LogP contribution is 2.37. The van der Waals surface area contributed by atoms with Crippen molar-refractivity contribution in [3.05, 3.63) is 65.0 Å². The molecule has 0 radical (unpaired) electrons. The molecule has 29 heavy (non-hydrogen) atoms. The molecule has 0 saturated carbocycles. The number of amides is 2. The lowest BCUT2D eigenvalue weighted by Gasteiger charge is -2.37. The Bertz CT molecular complexity index is 913. The van der Waals surface area contributed by atoms with Crippen LogP contribution in [-0.4, -0.2) is 35.4 Å². The molecule has 0 aromatic heterocycles. The number of rotatable bonds is 5. The Morgan fingerprint density at radius 3 is 2.59 bits per heavy atom. The summed E-state index contributed by atoms with van der Waals surface area (Å²) < 4.78 is 19.8. The Labute approximate surface area is 170 Å². The van der Waals surface area contributed by atoms with Gasteiger partial charge in [-0.05, 0) is 68.1 Å². The first kappa shape index (κ1) is 20.8. The second-order valence-corrected chi connectivity index (χ2v) is 7.70. The number of benzene rings is 2. The quantitative estimate of drug-likeness (QED) is 0.837. The fourth-order valence-corrected chi connectivity index (χ4v) is 3.70. The van der Waals surface area contributed by atoms with Crippen molar-refractivity contribution in [2.75, 3.05) is 6.54 Å². The molecule has 2 aromatic carbocycles. The molecule has 2 atom stereocenters. The smallest absolute Gasteiger partial charge is 0.260 e. The lowest BCUT2D eigenvalue weighted by atomic mass is 9.88. The lowest BCUT2D eigenvalue weighted by molar-refractivity contribution is -0.131. The van der Waals surface area contributed by atoms with Gasteiger partial charge in [0.2, 0.25) is 5.91 Å². The predicted octanol–water partition coefficient (Wildman–Crippen LogP) is 3.61. The van der Waals surface area contributed by atoms with E-state index in [9.17, 15) is 14.0 Å².